The van der Waals surface area contributed by atoms with Gasteiger partial charge in [-0.15, -0.1) is 5.53 Å². The normalized spacial score (nSPS) is 9.74. The highest BCUT2D eigenvalue weighted by atomic mass is 31.2. The van der Waals surface area contributed by atoms with Crippen LogP contribution in [0.5, 0.6) is 11.5 Å². The van der Waals surface area contributed by atoms with Crippen molar-refractivity contribution in [2.45, 2.75) is 13.8 Å². The molecular formula is C17H24N4O8P2. The number of rotatable bonds is 8. The summed E-state index contributed by atoms with van der Waals surface area (Å²) in [6.07, 6.45) is 0. The molecule has 2 rings (SSSR count). The summed E-state index contributed by atoms with van der Waals surface area (Å²) in [6.45, 7) is 7.13. The van der Waals surface area contributed by atoms with Crippen LogP contribution >= 0.6 is 15.6 Å². The van der Waals surface area contributed by atoms with E-state index >= 15 is 0 Å². The van der Waals surface area contributed by atoms with Crippen molar-refractivity contribution in [3.8, 4) is 18.1 Å². The molecule has 14 heteroatoms. The van der Waals surface area contributed by atoms with Crippen LogP contribution in [0, 0.1) is 17.4 Å². The van der Waals surface area contributed by atoms with Gasteiger partial charge in [-0.3, -0.25) is 13.9 Å². The Bertz CT molecular complexity index is 807. The van der Waals surface area contributed by atoms with Gasteiger partial charge in [-0.2, -0.15) is 0 Å². The quantitative estimate of drug-likeness (QED) is 0.194. The molecule has 2 aromatic rings. The van der Waals surface area contributed by atoms with Gasteiger partial charge in [0.2, 0.25) is 0 Å². The lowest BCUT2D eigenvalue weighted by Crippen LogP contribution is -1.99. The van der Waals surface area contributed by atoms with Gasteiger partial charge in [0.1, 0.15) is 11.5 Å². The number of nitrogens with zero attached hydrogens (tertiary/aromatic N) is 3. The van der Waals surface area contributed by atoms with Crippen LogP contribution in [0.25, 0.3) is 10.4 Å². The van der Waals surface area contributed by atoms with Gasteiger partial charge in [0, 0.05) is 6.57 Å². The minimum absolute atomic E-state index is 0.188. The van der Waals surface area contributed by atoms with Crippen LogP contribution in [-0.4, -0.2) is 23.0 Å². The second kappa shape index (κ2) is 18.0. The number of benzene rings is 2. The minimum Gasteiger partial charge on any atom is -0.395 e. The van der Waals surface area contributed by atoms with Gasteiger partial charge in [0.15, 0.2) is 0 Å². The zero-order valence-electron chi connectivity index (χ0n) is 16.8. The van der Waals surface area contributed by atoms with Crippen molar-refractivity contribution in [3.05, 3.63) is 71.1 Å². The van der Waals surface area contributed by atoms with Crippen molar-refractivity contribution in [2.75, 3.05) is 13.2 Å². The Morgan fingerprint density at radius 2 is 1.16 bits per heavy atom. The summed E-state index contributed by atoms with van der Waals surface area (Å²) in [5, 5.41) is 6.50. The molecule has 0 aliphatic rings. The van der Waals surface area contributed by atoms with Crippen LogP contribution in [0.4, 0.5) is 0 Å². The van der Waals surface area contributed by atoms with Crippen molar-refractivity contribution in [3.63, 3.8) is 0 Å². The standard InChI is InChI=1S/C12H11O4P.C4H11O4P.CHN.HN3/c13-17(14,15-11-7-3-1-4-8-11)16-12-9-5-2-6-10-12;1-3-7-9(5,6)8-4-2;1-2;1-3-2/h1-10H,(H,13,14);3-4H2,1-2H3,(H,5,6);1H;1H. The number of nitriles is 1. The molecule has 170 valence electrons. The zero-order valence-corrected chi connectivity index (χ0v) is 18.6. The SMILES string of the molecule is C#N.CCOP(=O)(O)OCC.O=P(O)(Oc1ccccc1)Oc1ccccc1.[N-]=[N+]=N. The van der Waals surface area contributed by atoms with E-state index in [4.69, 9.17) is 30.3 Å². The first-order valence-corrected chi connectivity index (χ1v) is 11.4. The minimum atomic E-state index is -4.14. The number of para-hydroxylation sites is 2. The van der Waals surface area contributed by atoms with Crippen molar-refractivity contribution >= 4 is 15.6 Å². The Labute approximate surface area is 180 Å². The summed E-state index contributed by atoms with van der Waals surface area (Å²) in [5.41, 5.74) is 12.2. The van der Waals surface area contributed by atoms with Gasteiger partial charge in [0.25, 0.3) is 0 Å². The smallest absolute Gasteiger partial charge is 0.395 e. The number of nitrogens with one attached hydrogen (secondary N) is 1. The molecule has 31 heavy (non-hydrogen) atoms. The van der Waals surface area contributed by atoms with Gasteiger partial charge in [-0.25, -0.2) is 14.4 Å². The van der Waals surface area contributed by atoms with Crippen LogP contribution in [0.2, 0.25) is 0 Å². The fourth-order valence-corrected chi connectivity index (χ4v) is 3.15. The molecule has 0 fully saturated rings. The number of phosphoric acid groups is 2. The molecular weight excluding hydrogens is 450 g/mol. The molecule has 0 radical (unpaired) electrons. The van der Waals surface area contributed by atoms with E-state index in [9.17, 15) is 14.0 Å². The van der Waals surface area contributed by atoms with Crippen LogP contribution < -0.4 is 9.05 Å². The highest BCUT2D eigenvalue weighted by Crippen LogP contribution is 2.44. The van der Waals surface area contributed by atoms with E-state index in [1.165, 1.54) is 0 Å². The summed E-state index contributed by atoms with van der Waals surface area (Å²) in [7, 11) is -7.83. The number of hydrogen-bond acceptors (Lipinski definition) is 8. The van der Waals surface area contributed by atoms with Crippen LogP contribution in [0.1, 0.15) is 13.8 Å². The molecule has 3 N–H and O–H groups in total. The molecule has 0 saturated heterocycles. The van der Waals surface area contributed by atoms with Gasteiger partial charge >= 0.3 is 15.6 Å². The summed E-state index contributed by atoms with van der Waals surface area (Å²) in [6, 6.07) is 16.7. The maximum absolute atomic E-state index is 11.7. The first-order valence-electron chi connectivity index (χ1n) is 8.40. The van der Waals surface area contributed by atoms with E-state index in [1.54, 1.807) is 79.4 Å². The second-order valence-corrected chi connectivity index (χ2v) is 7.44. The summed E-state index contributed by atoms with van der Waals surface area (Å²) >= 11 is 0. The molecule has 0 spiro atoms. The monoisotopic (exact) mass is 474 g/mol. The molecule has 0 saturated carbocycles. The average Bonchev–Trinajstić information content (AvgIpc) is 2.71. The molecule has 0 unspecified atom stereocenters. The Balaban J connectivity index is 0. The second-order valence-electron chi connectivity index (χ2n) is 4.68. The zero-order chi connectivity index (χ0) is 24.2. The van der Waals surface area contributed by atoms with Crippen LogP contribution in [0.15, 0.2) is 60.7 Å². The largest absolute Gasteiger partial charge is 0.584 e. The molecule has 0 atom stereocenters. The van der Waals surface area contributed by atoms with Gasteiger partial charge in [-0.05, 0) is 48.6 Å². The van der Waals surface area contributed by atoms with Crippen LogP contribution in [-0.2, 0) is 18.2 Å². The van der Waals surface area contributed by atoms with E-state index < -0.39 is 15.6 Å². The fourth-order valence-electron chi connectivity index (χ4n) is 1.61. The van der Waals surface area contributed by atoms with Gasteiger partial charge in [0.05, 0.1) is 13.2 Å². The van der Waals surface area contributed by atoms with E-state index in [1.807, 2.05) is 0 Å². The third-order valence-corrected chi connectivity index (χ3v) is 4.56. The van der Waals surface area contributed by atoms with Crippen molar-refractivity contribution < 1.29 is 37.0 Å². The lowest BCUT2D eigenvalue weighted by molar-refractivity contribution is 0.161. The van der Waals surface area contributed by atoms with Crippen molar-refractivity contribution in [1.82, 2.24) is 0 Å². The molecule has 0 aromatic heterocycles. The first-order chi connectivity index (χ1) is 14.7. The first kappa shape index (κ1) is 30.3. The van der Waals surface area contributed by atoms with Crippen LogP contribution in [0.3, 0.4) is 0 Å². The van der Waals surface area contributed by atoms with Gasteiger partial charge in [-0.1, -0.05) is 36.4 Å². The number of phosphoric ester groups is 2. The van der Waals surface area contributed by atoms with Gasteiger partial charge < -0.3 is 13.9 Å². The predicted molar refractivity (Wildman–Crippen MR) is 113 cm³/mol. The number of hydrogen-bond donors (Lipinski definition) is 3. The van der Waals surface area contributed by atoms with E-state index in [-0.39, 0.29) is 24.7 Å². The topological polar surface area (TPSA) is 196 Å². The maximum Gasteiger partial charge on any atom is 0.584 e. The highest BCUT2D eigenvalue weighted by molar-refractivity contribution is 7.48. The van der Waals surface area contributed by atoms with E-state index in [0.717, 1.165) is 0 Å². The van der Waals surface area contributed by atoms with Crippen molar-refractivity contribution in [2.24, 2.45) is 0 Å². The Hall–Kier alpha value is -2.86. The molecule has 0 heterocycles. The van der Waals surface area contributed by atoms with E-state index in [2.05, 4.69) is 15.6 Å². The Morgan fingerprint density at radius 1 is 0.871 bits per heavy atom. The van der Waals surface area contributed by atoms with Crippen molar-refractivity contribution in [1.29, 1.82) is 10.8 Å². The molecule has 0 aliphatic heterocycles. The summed E-state index contributed by atoms with van der Waals surface area (Å²) < 4.78 is 40.7. The molecule has 0 amide bonds. The highest BCUT2D eigenvalue weighted by Gasteiger charge is 2.24. The average molecular weight is 474 g/mol. The molecule has 12 nitrogen and oxygen atoms in total. The third kappa shape index (κ3) is 17.7. The summed E-state index contributed by atoms with van der Waals surface area (Å²) in [4.78, 5) is 19.9. The van der Waals surface area contributed by atoms with E-state index in [0.29, 0.717) is 0 Å². The molecule has 0 aliphatic carbocycles. The predicted octanol–water partition coefficient (Wildman–Crippen LogP) is 5.42. The molecule has 2 aromatic carbocycles. The molecule has 0 bridgehead atoms. The Kier molecular flexibility index (Phi) is 17.6. The Morgan fingerprint density at radius 3 is 1.42 bits per heavy atom. The fraction of sp³-hybridized carbons (Fsp3) is 0.235. The summed E-state index contributed by atoms with van der Waals surface area (Å²) in [5.74, 6) is 0.573. The maximum atomic E-state index is 11.7. The lowest BCUT2D eigenvalue weighted by atomic mass is 10.3. The third-order valence-electron chi connectivity index (χ3n) is 2.51. The lowest BCUT2D eigenvalue weighted by Gasteiger charge is -2.13.